The van der Waals surface area contributed by atoms with Crippen molar-refractivity contribution < 1.29 is 0 Å². The van der Waals surface area contributed by atoms with Crippen LogP contribution in [0.15, 0.2) is 101 Å². The highest BCUT2D eigenvalue weighted by atomic mass is 14.9. The van der Waals surface area contributed by atoms with E-state index in [0.717, 1.165) is 56.0 Å². The van der Waals surface area contributed by atoms with E-state index in [-0.39, 0.29) is 0 Å². The van der Waals surface area contributed by atoms with Gasteiger partial charge in [0.25, 0.3) is 0 Å². The summed E-state index contributed by atoms with van der Waals surface area (Å²) in [5.74, 6) is 0. The highest BCUT2D eigenvalue weighted by molar-refractivity contribution is 6.02. The van der Waals surface area contributed by atoms with Crippen molar-refractivity contribution in [2.24, 2.45) is 9.98 Å². The monoisotopic (exact) mass is 415 g/mol. The van der Waals surface area contributed by atoms with Gasteiger partial charge < -0.3 is 0 Å². The van der Waals surface area contributed by atoms with Gasteiger partial charge in [0.2, 0.25) is 0 Å². The van der Waals surface area contributed by atoms with Crippen LogP contribution in [-0.2, 0) is 0 Å². The summed E-state index contributed by atoms with van der Waals surface area (Å²) >= 11 is 0. The molecule has 0 unspecified atom stereocenters. The molecule has 5 aromatic rings. The van der Waals surface area contributed by atoms with Crippen LogP contribution >= 0.6 is 0 Å². The van der Waals surface area contributed by atoms with Crippen LogP contribution in [0.4, 0.5) is 11.4 Å². The van der Waals surface area contributed by atoms with E-state index in [4.69, 9.17) is 15.0 Å². The topological polar surface area (TPSA) is 63.4 Å². The fourth-order valence-corrected chi connectivity index (χ4v) is 3.58. The SMILES string of the molecule is CC(=Nc1cnc2ccccc2c1)c1cccc(C(C)=Nc2cnc3ccccc3c2)n1. The zero-order valence-corrected chi connectivity index (χ0v) is 17.9. The predicted octanol–water partition coefficient (Wildman–Crippen LogP) is 6.46. The van der Waals surface area contributed by atoms with Gasteiger partial charge in [0.15, 0.2) is 0 Å². The largest absolute Gasteiger partial charge is 0.254 e. The van der Waals surface area contributed by atoms with E-state index < -0.39 is 0 Å². The molecule has 3 aromatic heterocycles. The summed E-state index contributed by atoms with van der Waals surface area (Å²) in [6.07, 6.45) is 3.57. The van der Waals surface area contributed by atoms with Crippen LogP contribution in [-0.4, -0.2) is 26.4 Å². The molecule has 32 heavy (non-hydrogen) atoms. The Kier molecular flexibility index (Phi) is 5.22. The Bertz CT molecular complexity index is 1390. The third-order valence-corrected chi connectivity index (χ3v) is 5.24. The van der Waals surface area contributed by atoms with Crippen LogP contribution in [0.2, 0.25) is 0 Å². The maximum atomic E-state index is 4.79. The van der Waals surface area contributed by atoms with E-state index in [0.29, 0.717) is 0 Å². The molecule has 0 bridgehead atoms. The summed E-state index contributed by atoms with van der Waals surface area (Å²) < 4.78 is 0. The van der Waals surface area contributed by atoms with E-state index in [1.165, 1.54) is 0 Å². The van der Waals surface area contributed by atoms with Gasteiger partial charge in [0.1, 0.15) is 0 Å². The summed E-state index contributed by atoms with van der Waals surface area (Å²) in [6.45, 7) is 3.92. The van der Waals surface area contributed by atoms with Gasteiger partial charge in [-0.05, 0) is 50.2 Å². The molecule has 0 atom stereocenters. The molecule has 0 radical (unpaired) electrons. The number of rotatable bonds is 4. The molecule has 5 nitrogen and oxygen atoms in total. The van der Waals surface area contributed by atoms with Crippen LogP contribution in [0.25, 0.3) is 21.8 Å². The van der Waals surface area contributed by atoms with Crippen molar-refractivity contribution >= 4 is 44.6 Å². The minimum atomic E-state index is 0.807. The van der Waals surface area contributed by atoms with E-state index in [2.05, 4.69) is 9.97 Å². The normalized spacial score (nSPS) is 12.4. The van der Waals surface area contributed by atoms with Crippen LogP contribution in [0.3, 0.4) is 0 Å². The Hall–Kier alpha value is -4.25. The van der Waals surface area contributed by atoms with E-state index in [1.807, 2.05) is 92.7 Å². The van der Waals surface area contributed by atoms with Gasteiger partial charge >= 0.3 is 0 Å². The lowest BCUT2D eigenvalue weighted by Crippen LogP contribution is -2.05. The molecule has 5 heteroatoms. The molecule has 0 saturated carbocycles. The molecular formula is C27H21N5. The second-order valence-corrected chi connectivity index (χ2v) is 7.57. The molecule has 2 aromatic carbocycles. The van der Waals surface area contributed by atoms with Gasteiger partial charge in [-0.25, -0.2) is 15.0 Å². The zero-order chi connectivity index (χ0) is 21.9. The molecule has 0 N–H and O–H groups in total. The van der Waals surface area contributed by atoms with Crippen molar-refractivity contribution in [2.45, 2.75) is 13.8 Å². The van der Waals surface area contributed by atoms with Gasteiger partial charge in [0.05, 0.1) is 57.6 Å². The lowest BCUT2D eigenvalue weighted by molar-refractivity contribution is 1.23. The molecule has 154 valence electrons. The summed E-state index contributed by atoms with van der Waals surface area (Å²) in [7, 11) is 0. The number of hydrogen-bond donors (Lipinski definition) is 0. The summed E-state index contributed by atoms with van der Waals surface area (Å²) in [5, 5.41) is 2.13. The van der Waals surface area contributed by atoms with Crippen molar-refractivity contribution in [2.75, 3.05) is 0 Å². The first-order valence-electron chi connectivity index (χ1n) is 10.4. The molecule has 0 saturated heterocycles. The lowest BCUT2D eigenvalue weighted by atomic mass is 10.2. The third kappa shape index (κ3) is 4.14. The second kappa shape index (κ2) is 8.47. The van der Waals surface area contributed by atoms with Crippen LogP contribution < -0.4 is 0 Å². The van der Waals surface area contributed by atoms with Crippen molar-refractivity contribution in [1.29, 1.82) is 0 Å². The average Bonchev–Trinajstić information content (AvgIpc) is 2.84. The van der Waals surface area contributed by atoms with Crippen molar-refractivity contribution in [1.82, 2.24) is 15.0 Å². The number of nitrogens with zero attached hydrogens (tertiary/aromatic N) is 5. The minimum absolute atomic E-state index is 0.807. The number of aromatic nitrogens is 3. The second-order valence-electron chi connectivity index (χ2n) is 7.57. The fraction of sp³-hybridized carbons (Fsp3) is 0.0741. The molecular weight excluding hydrogens is 394 g/mol. The van der Waals surface area contributed by atoms with Gasteiger partial charge in [-0.2, -0.15) is 0 Å². The standard InChI is InChI=1S/C27H21N5/c1-18(30-22-14-20-8-3-5-10-26(20)28-16-22)24-12-7-13-25(32-24)19(2)31-23-15-21-9-4-6-11-27(21)29-17-23/h3-17H,1-2H3. The van der Waals surface area contributed by atoms with Crippen LogP contribution in [0.5, 0.6) is 0 Å². The molecule has 0 amide bonds. The minimum Gasteiger partial charge on any atom is -0.254 e. The average molecular weight is 416 g/mol. The summed E-state index contributed by atoms with van der Waals surface area (Å²) in [4.78, 5) is 23.2. The number of aliphatic imine (C=N–C) groups is 2. The van der Waals surface area contributed by atoms with E-state index >= 15 is 0 Å². The number of hydrogen-bond acceptors (Lipinski definition) is 5. The molecule has 3 heterocycles. The van der Waals surface area contributed by atoms with Crippen molar-refractivity contribution in [3.63, 3.8) is 0 Å². The summed E-state index contributed by atoms with van der Waals surface area (Å²) in [6, 6.07) is 26.0. The number of benzene rings is 2. The molecule has 5 rings (SSSR count). The van der Waals surface area contributed by atoms with Crippen LogP contribution in [0.1, 0.15) is 25.2 Å². The zero-order valence-electron chi connectivity index (χ0n) is 17.9. The number of pyridine rings is 3. The molecule has 0 aliphatic heterocycles. The molecule has 0 fully saturated rings. The molecule has 0 aliphatic rings. The van der Waals surface area contributed by atoms with Gasteiger partial charge in [-0.1, -0.05) is 42.5 Å². The van der Waals surface area contributed by atoms with Gasteiger partial charge in [0, 0.05) is 10.8 Å². The maximum absolute atomic E-state index is 4.79. The van der Waals surface area contributed by atoms with E-state index in [9.17, 15) is 0 Å². The Balaban J connectivity index is 1.44. The lowest BCUT2D eigenvalue weighted by Gasteiger charge is -2.06. The first-order valence-corrected chi connectivity index (χ1v) is 10.4. The first-order chi connectivity index (χ1) is 15.7. The maximum Gasteiger partial charge on any atom is 0.0849 e. The predicted molar refractivity (Wildman–Crippen MR) is 131 cm³/mol. The molecule has 0 spiro atoms. The van der Waals surface area contributed by atoms with Crippen LogP contribution in [0, 0.1) is 0 Å². The smallest absolute Gasteiger partial charge is 0.0849 e. The summed E-state index contributed by atoms with van der Waals surface area (Å²) in [5.41, 5.74) is 6.79. The fourth-order valence-electron chi connectivity index (χ4n) is 3.58. The van der Waals surface area contributed by atoms with Crippen molar-refractivity contribution in [3.05, 3.63) is 103 Å². The third-order valence-electron chi connectivity index (χ3n) is 5.24. The Morgan fingerprint density at radius 1 is 0.594 bits per heavy atom. The highest BCUT2D eigenvalue weighted by Crippen LogP contribution is 2.21. The Morgan fingerprint density at radius 2 is 1.06 bits per heavy atom. The quantitative estimate of drug-likeness (QED) is 0.316. The number of para-hydroxylation sites is 2. The van der Waals surface area contributed by atoms with Gasteiger partial charge in [-0.15, -0.1) is 0 Å². The van der Waals surface area contributed by atoms with E-state index in [1.54, 1.807) is 12.4 Å². The molecule has 0 aliphatic carbocycles. The first kappa shape index (κ1) is 19.7. The Morgan fingerprint density at radius 3 is 1.56 bits per heavy atom. The Labute approximate surface area is 186 Å². The van der Waals surface area contributed by atoms with Crippen molar-refractivity contribution in [3.8, 4) is 0 Å². The number of fused-ring (bicyclic) bond motifs is 2. The highest BCUT2D eigenvalue weighted by Gasteiger charge is 2.06. The van der Waals surface area contributed by atoms with Gasteiger partial charge in [-0.3, -0.25) is 9.97 Å².